The maximum Gasteiger partial charge on any atom is 0.132 e. The van der Waals surface area contributed by atoms with Crippen molar-refractivity contribution in [3.63, 3.8) is 0 Å². The van der Waals surface area contributed by atoms with Gasteiger partial charge in [-0.1, -0.05) is 127 Å². The highest BCUT2D eigenvalue weighted by atomic mass is 32.1. The van der Waals surface area contributed by atoms with E-state index in [9.17, 15) is 0 Å². The molecule has 10 aromatic rings. The zero-order chi connectivity index (χ0) is 34.0. The van der Waals surface area contributed by atoms with Gasteiger partial charge in [0.05, 0.1) is 16.4 Å². The second kappa shape index (κ2) is 10.3. The molecule has 0 bridgehead atoms. The van der Waals surface area contributed by atoms with Gasteiger partial charge in [0, 0.05) is 53.3 Å². The highest BCUT2D eigenvalue weighted by Crippen LogP contribution is 2.63. The summed E-state index contributed by atoms with van der Waals surface area (Å²) in [5.74, 6) is 1.82. The normalized spacial score (nSPS) is 13.7. The Bertz CT molecular complexity index is 3060. The Hall–Kier alpha value is -6.42. The molecule has 8 aromatic carbocycles. The summed E-state index contributed by atoms with van der Waals surface area (Å²) < 4.78 is 11.8. The molecule has 0 atom stereocenters. The largest absolute Gasteiger partial charge is 0.457 e. The second-order valence-corrected chi connectivity index (χ2v) is 15.1. The molecule has 12 rings (SSSR count). The monoisotopic (exact) mass is 679 g/mol. The van der Waals surface area contributed by atoms with Crippen molar-refractivity contribution in [3.05, 3.63) is 198 Å². The predicted molar refractivity (Wildman–Crippen MR) is 216 cm³/mol. The van der Waals surface area contributed by atoms with Crippen LogP contribution >= 0.6 is 11.3 Å². The molecule has 1 aliphatic heterocycles. The number of benzene rings is 8. The third-order valence-corrected chi connectivity index (χ3v) is 12.6. The van der Waals surface area contributed by atoms with Crippen LogP contribution in [0.5, 0.6) is 11.5 Å². The van der Waals surface area contributed by atoms with Crippen LogP contribution < -0.4 is 4.74 Å². The van der Waals surface area contributed by atoms with Crippen LogP contribution in [0.2, 0.25) is 0 Å². The quantitative estimate of drug-likeness (QED) is 0.177. The van der Waals surface area contributed by atoms with Crippen LogP contribution in [-0.2, 0) is 5.41 Å². The number of nitrogens with zero attached hydrogens (tertiary/aromatic N) is 1. The van der Waals surface area contributed by atoms with Gasteiger partial charge in [-0.2, -0.15) is 0 Å². The van der Waals surface area contributed by atoms with E-state index in [2.05, 4.69) is 180 Å². The summed E-state index contributed by atoms with van der Waals surface area (Å²) in [6, 6.07) is 64.6. The lowest BCUT2D eigenvalue weighted by Gasteiger charge is -2.39. The lowest BCUT2D eigenvalue weighted by Crippen LogP contribution is -2.32. The number of para-hydroxylation sites is 3. The molecule has 0 saturated carbocycles. The van der Waals surface area contributed by atoms with E-state index in [0.717, 1.165) is 17.2 Å². The van der Waals surface area contributed by atoms with Crippen molar-refractivity contribution in [1.82, 2.24) is 4.57 Å². The Morgan fingerprint density at radius 2 is 1.08 bits per heavy atom. The van der Waals surface area contributed by atoms with E-state index < -0.39 is 5.41 Å². The first kappa shape index (κ1) is 28.3. The SMILES string of the molecule is c1ccc2c(c1)Oc1ccccc1C21c2ccccc2-c2c1ccc1c3ccccc3n(-c3ccc(-c4ccc5sc6ccccc6c5c4)cc3)c21. The van der Waals surface area contributed by atoms with Crippen LogP contribution in [-0.4, -0.2) is 4.57 Å². The molecule has 242 valence electrons. The standard InChI is InChI=1S/C49H29NOS/c1-4-14-38-36(13-1)47-41(49(38)39-15-5-8-18-43(39)51-44-19-9-6-16-40(44)49)27-26-35-33-11-2-7-17-42(33)50(48(35)47)32-24-21-30(22-25-32)31-23-28-46-37(29-31)34-12-3-10-20-45(34)52-46/h1-29H. The van der Waals surface area contributed by atoms with Gasteiger partial charge in [0.25, 0.3) is 0 Å². The summed E-state index contributed by atoms with van der Waals surface area (Å²) in [4.78, 5) is 0. The second-order valence-electron chi connectivity index (χ2n) is 14.0. The summed E-state index contributed by atoms with van der Waals surface area (Å²) in [6.45, 7) is 0. The molecule has 3 heteroatoms. The minimum atomic E-state index is -0.513. The fourth-order valence-electron chi connectivity index (χ4n) is 9.37. The average Bonchev–Trinajstić information content (AvgIpc) is 3.85. The zero-order valence-electron chi connectivity index (χ0n) is 28.0. The van der Waals surface area contributed by atoms with Crippen LogP contribution in [0, 0.1) is 0 Å². The maximum absolute atomic E-state index is 6.61. The van der Waals surface area contributed by atoms with E-state index in [0.29, 0.717) is 0 Å². The van der Waals surface area contributed by atoms with Crippen molar-refractivity contribution in [2.24, 2.45) is 0 Å². The molecule has 2 aromatic heterocycles. The number of hydrogen-bond acceptors (Lipinski definition) is 2. The summed E-state index contributed by atoms with van der Waals surface area (Å²) in [7, 11) is 0. The molecular weight excluding hydrogens is 651 g/mol. The van der Waals surface area contributed by atoms with Gasteiger partial charge in [-0.15, -0.1) is 11.3 Å². The van der Waals surface area contributed by atoms with Crippen LogP contribution in [0.4, 0.5) is 0 Å². The topological polar surface area (TPSA) is 14.2 Å². The van der Waals surface area contributed by atoms with Crippen molar-refractivity contribution < 1.29 is 4.74 Å². The summed E-state index contributed by atoms with van der Waals surface area (Å²) in [6.07, 6.45) is 0. The molecule has 52 heavy (non-hydrogen) atoms. The van der Waals surface area contributed by atoms with Crippen molar-refractivity contribution in [1.29, 1.82) is 0 Å². The summed E-state index contributed by atoms with van der Waals surface area (Å²) in [5, 5.41) is 5.16. The Morgan fingerprint density at radius 1 is 0.442 bits per heavy atom. The smallest absolute Gasteiger partial charge is 0.132 e. The van der Waals surface area contributed by atoms with Crippen LogP contribution in [0.25, 0.3) is 69.9 Å². The molecule has 0 N–H and O–H groups in total. The molecule has 0 unspecified atom stereocenters. The summed E-state index contributed by atoms with van der Waals surface area (Å²) in [5.41, 5.74) is 13.0. The van der Waals surface area contributed by atoms with Gasteiger partial charge >= 0.3 is 0 Å². The third kappa shape index (κ3) is 3.58. The molecule has 0 fully saturated rings. The Kier molecular flexibility index (Phi) is 5.62. The van der Waals surface area contributed by atoms with E-state index in [1.165, 1.54) is 86.5 Å². The minimum Gasteiger partial charge on any atom is -0.457 e. The van der Waals surface area contributed by atoms with Crippen LogP contribution in [0.15, 0.2) is 176 Å². The average molecular weight is 680 g/mol. The first-order valence-electron chi connectivity index (χ1n) is 17.8. The van der Waals surface area contributed by atoms with Crippen molar-refractivity contribution >= 4 is 53.3 Å². The Balaban J connectivity index is 1.13. The predicted octanol–water partition coefficient (Wildman–Crippen LogP) is 13.3. The zero-order valence-corrected chi connectivity index (χ0v) is 28.8. The number of thiophene rings is 1. The first-order chi connectivity index (χ1) is 25.8. The minimum absolute atomic E-state index is 0.513. The van der Waals surface area contributed by atoms with Gasteiger partial charge in [0.15, 0.2) is 0 Å². The molecule has 0 radical (unpaired) electrons. The fourth-order valence-corrected chi connectivity index (χ4v) is 10.5. The number of hydrogen-bond donors (Lipinski definition) is 0. The Labute approximate surface area is 304 Å². The van der Waals surface area contributed by atoms with Crippen molar-refractivity contribution in [2.75, 3.05) is 0 Å². The van der Waals surface area contributed by atoms with E-state index in [-0.39, 0.29) is 0 Å². The molecule has 0 saturated heterocycles. The Morgan fingerprint density at radius 3 is 1.88 bits per heavy atom. The lowest BCUT2D eigenvalue weighted by atomic mass is 9.66. The van der Waals surface area contributed by atoms with Gasteiger partial charge in [0.2, 0.25) is 0 Å². The van der Waals surface area contributed by atoms with Crippen molar-refractivity contribution in [2.45, 2.75) is 5.41 Å². The molecule has 1 aliphatic carbocycles. The van der Waals surface area contributed by atoms with Gasteiger partial charge in [-0.05, 0) is 76.3 Å². The molecule has 1 spiro atoms. The van der Waals surface area contributed by atoms with Crippen LogP contribution in [0.1, 0.15) is 22.3 Å². The van der Waals surface area contributed by atoms with Gasteiger partial charge in [-0.25, -0.2) is 0 Å². The lowest BCUT2D eigenvalue weighted by molar-refractivity contribution is 0.436. The molecular formula is C49H29NOS. The molecule has 2 nitrogen and oxygen atoms in total. The van der Waals surface area contributed by atoms with Gasteiger partial charge < -0.3 is 9.30 Å². The van der Waals surface area contributed by atoms with E-state index >= 15 is 0 Å². The van der Waals surface area contributed by atoms with Gasteiger partial charge in [0.1, 0.15) is 11.5 Å². The molecule has 0 amide bonds. The summed E-state index contributed by atoms with van der Waals surface area (Å²) >= 11 is 1.86. The van der Waals surface area contributed by atoms with E-state index in [1.807, 2.05) is 11.3 Å². The first-order valence-corrected chi connectivity index (χ1v) is 18.7. The van der Waals surface area contributed by atoms with E-state index in [4.69, 9.17) is 4.74 Å². The number of fused-ring (bicyclic) bond motifs is 16. The third-order valence-electron chi connectivity index (χ3n) is 11.5. The van der Waals surface area contributed by atoms with Crippen molar-refractivity contribution in [3.8, 4) is 39.4 Å². The van der Waals surface area contributed by atoms with E-state index in [1.54, 1.807) is 0 Å². The maximum atomic E-state index is 6.61. The number of rotatable bonds is 2. The van der Waals surface area contributed by atoms with Crippen LogP contribution in [0.3, 0.4) is 0 Å². The highest BCUT2D eigenvalue weighted by molar-refractivity contribution is 7.25. The highest BCUT2D eigenvalue weighted by Gasteiger charge is 2.51. The number of aromatic nitrogens is 1. The molecule has 3 heterocycles. The number of ether oxygens (including phenoxy) is 1. The molecule has 2 aliphatic rings. The fraction of sp³-hybridized carbons (Fsp3) is 0.0204. The van der Waals surface area contributed by atoms with Gasteiger partial charge in [-0.3, -0.25) is 0 Å².